The van der Waals surface area contributed by atoms with Crippen molar-refractivity contribution in [2.75, 3.05) is 32.2 Å². The van der Waals surface area contributed by atoms with Gasteiger partial charge in [0.25, 0.3) is 0 Å². The van der Waals surface area contributed by atoms with Gasteiger partial charge in [0, 0.05) is 22.7 Å². The lowest BCUT2D eigenvalue weighted by Crippen LogP contribution is -2.16. The van der Waals surface area contributed by atoms with E-state index in [1.165, 1.54) is 6.08 Å². The Bertz CT molecular complexity index is 866. The number of nitrogens with one attached hydrogen (secondary N) is 1. The van der Waals surface area contributed by atoms with Crippen molar-refractivity contribution in [2.45, 2.75) is 6.92 Å². The highest BCUT2D eigenvalue weighted by Crippen LogP contribution is 2.38. The predicted octanol–water partition coefficient (Wildman–Crippen LogP) is 4.28. The third-order valence-corrected chi connectivity index (χ3v) is 4.46. The van der Waals surface area contributed by atoms with Gasteiger partial charge in [-0.1, -0.05) is 6.07 Å². The highest BCUT2D eigenvalue weighted by molar-refractivity contribution is 9.10. The molecule has 1 aliphatic rings. The van der Waals surface area contributed by atoms with Gasteiger partial charge in [-0.05, 0) is 46.6 Å². The van der Waals surface area contributed by atoms with Crippen molar-refractivity contribution in [3.63, 3.8) is 0 Å². The fourth-order valence-corrected chi connectivity index (χ4v) is 2.99. The van der Waals surface area contributed by atoms with Crippen molar-refractivity contribution in [1.82, 2.24) is 0 Å². The monoisotopic (exact) mass is 433 g/mol. The highest BCUT2D eigenvalue weighted by Gasteiger charge is 2.15. The lowest BCUT2D eigenvalue weighted by atomic mass is 10.2. The fourth-order valence-electron chi connectivity index (χ4n) is 2.57. The topological polar surface area (TPSA) is 66.0 Å². The smallest absolute Gasteiger partial charge is 0.248 e. The van der Waals surface area contributed by atoms with E-state index in [1.807, 2.05) is 19.1 Å². The first-order valence-corrected chi connectivity index (χ1v) is 9.29. The van der Waals surface area contributed by atoms with Crippen LogP contribution in [0.15, 0.2) is 40.9 Å². The van der Waals surface area contributed by atoms with Crippen molar-refractivity contribution < 1.29 is 23.7 Å². The van der Waals surface area contributed by atoms with Gasteiger partial charge in [-0.2, -0.15) is 0 Å². The van der Waals surface area contributed by atoms with Crippen LogP contribution in [0.3, 0.4) is 0 Å². The van der Waals surface area contributed by atoms with Gasteiger partial charge in [0.15, 0.2) is 23.0 Å². The van der Waals surface area contributed by atoms with Crippen molar-refractivity contribution >= 4 is 33.6 Å². The number of methoxy groups -OCH3 is 1. The van der Waals surface area contributed by atoms with Gasteiger partial charge in [-0.3, -0.25) is 4.79 Å². The standard InChI is InChI=1S/C20H20BrNO5/c1-3-25-17-10-13(4-6-16(17)24-2)5-7-20(23)22-15-12-19-18(11-14(15)21)26-8-9-27-19/h4-7,10-12H,3,8-9H2,1-2H3,(H,22,23)/b7-5+. The highest BCUT2D eigenvalue weighted by atomic mass is 79.9. The molecule has 142 valence electrons. The molecule has 0 aliphatic carbocycles. The average molecular weight is 434 g/mol. The molecule has 6 nitrogen and oxygen atoms in total. The molecule has 0 spiro atoms. The number of rotatable bonds is 6. The van der Waals surface area contributed by atoms with Crippen LogP contribution in [0.25, 0.3) is 6.08 Å². The van der Waals surface area contributed by atoms with Crippen molar-refractivity contribution in [3.8, 4) is 23.0 Å². The number of amides is 1. The number of benzene rings is 2. The Hall–Kier alpha value is -2.67. The second-order valence-corrected chi connectivity index (χ2v) is 6.50. The molecule has 1 N–H and O–H groups in total. The summed E-state index contributed by atoms with van der Waals surface area (Å²) in [6.07, 6.45) is 3.17. The number of anilines is 1. The first-order chi connectivity index (χ1) is 13.1. The molecular formula is C20H20BrNO5. The number of ether oxygens (including phenoxy) is 4. The maximum absolute atomic E-state index is 12.3. The van der Waals surface area contributed by atoms with E-state index in [0.29, 0.717) is 48.5 Å². The van der Waals surface area contributed by atoms with Crippen LogP contribution in [0.4, 0.5) is 5.69 Å². The largest absolute Gasteiger partial charge is 0.493 e. The Morgan fingerprint density at radius 2 is 1.93 bits per heavy atom. The molecule has 1 amide bonds. The molecule has 3 rings (SSSR count). The number of carbonyl (C=O) groups is 1. The number of fused-ring (bicyclic) bond motifs is 1. The second kappa shape index (κ2) is 8.81. The van der Waals surface area contributed by atoms with E-state index in [1.54, 1.807) is 31.4 Å². The summed E-state index contributed by atoms with van der Waals surface area (Å²) in [5, 5.41) is 2.83. The second-order valence-electron chi connectivity index (χ2n) is 5.64. The zero-order valence-corrected chi connectivity index (χ0v) is 16.7. The summed E-state index contributed by atoms with van der Waals surface area (Å²) < 4.78 is 22.6. The zero-order valence-electron chi connectivity index (χ0n) is 15.1. The Morgan fingerprint density at radius 1 is 1.19 bits per heavy atom. The molecular weight excluding hydrogens is 414 g/mol. The van der Waals surface area contributed by atoms with Gasteiger partial charge >= 0.3 is 0 Å². The number of carbonyl (C=O) groups excluding carboxylic acids is 1. The Kier molecular flexibility index (Phi) is 6.24. The van der Waals surface area contributed by atoms with Crippen molar-refractivity contribution in [3.05, 3.63) is 46.4 Å². The third kappa shape index (κ3) is 4.74. The molecule has 0 fully saturated rings. The molecule has 1 heterocycles. The molecule has 0 aromatic heterocycles. The van der Waals surface area contributed by atoms with Crippen LogP contribution in [0.1, 0.15) is 12.5 Å². The molecule has 27 heavy (non-hydrogen) atoms. The molecule has 2 aromatic carbocycles. The summed E-state index contributed by atoms with van der Waals surface area (Å²) in [7, 11) is 1.59. The van der Waals surface area contributed by atoms with E-state index in [-0.39, 0.29) is 5.91 Å². The minimum Gasteiger partial charge on any atom is -0.493 e. The molecule has 0 atom stereocenters. The molecule has 1 aliphatic heterocycles. The molecule has 0 bridgehead atoms. The van der Waals surface area contributed by atoms with Gasteiger partial charge in [0.2, 0.25) is 5.91 Å². The van der Waals surface area contributed by atoms with Crippen LogP contribution >= 0.6 is 15.9 Å². The predicted molar refractivity (Wildman–Crippen MR) is 107 cm³/mol. The van der Waals surface area contributed by atoms with Gasteiger partial charge in [-0.15, -0.1) is 0 Å². The van der Waals surface area contributed by atoms with E-state index in [2.05, 4.69) is 21.2 Å². The van der Waals surface area contributed by atoms with Gasteiger partial charge in [0.1, 0.15) is 13.2 Å². The Balaban J connectivity index is 1.71. The van der Waals surface area contributed by atoms with Crippen molar-refractivity contribution in [2.24, 2.45) is 0 Å². The van der Waals surface area contributed by atoms with Crippen LogP contribution < -0.4 is 24.3 Å². The summed E-state index contributed by atoms with van der Waals surface area (Å²) in [5.74, 6) is 2.29. The summed E-state index contributed by atoms with van der Waals surface area (Å²) in [5.41, 5.74) is 1.44. The Labute approximate surface area is 166 Å². The van der Waals surface area contributed by atoms with Crippen LogP contribution in [-0.2, 0) is 4.79 Å². The van der Waals surface area contributed by atoms with Crippen LogP contribution in [0.5, 0.6) is 23.0 Å². The maximum atomic E-state index is 12.3. The van der Waals surface area contributed by atoms with Crippen molar-refractivity contribution in [1.29, 1.82) is 0 Å². The van der Waals surface area contributed by atoms with Gasteiger partial charge in [-0.25, -0.2) is 0 Å². The van der Waals surface area contributed by atoms with E-state index < -0.39 is 0 Å². The maximum Gasteiger partial charge on any atom is 0.248 e. The number of halogens is 1. The molecule has 0 radical (unpaired) electrons. The van der Waals surface area contributed by atoms with Gasteiger partial charge in [0.05, 0.1) is 19.4 Å². The number of hydrogen-bond acceptors (Lipinski definition) is 5. The minimum atomic E-state index is -0.263. The van der Waals surface area contributed by atoms with Crippen LogP contribution in [-0.4, -0.2) is 32.8 Å². The SMILES string of the molecule is CCOc1cc(/C=C/C(=O)Nc2cc3c(cc2Br)OCCO3)ccc1OC. The van der Waals surface area contributed by atoms with E-state index >= 15 is 0 Å². The van der Waals surface area contributed by atoms with E-state index in [0.717, 1.165) is 10.0 Å². The van der Waals surface area contributed by atoms with E-state index in [4.69, 9.17) is 18.9 Å². The first-order valence-electron chi connectivity index (χ1n) is 8.49. The molecule has 2 aromatic rings. The van der Waals surface area contributed by atoms with E-state index in [9.17, 15) is 4.79 Å². The lowest BCUT2D eigenvalue weighted by Gasteiger charge is -2.19. The summed E-state index contributed by atoms with van der Waals surface area (Å²) in [6.45, 7) is 3.43. The summed E-state index contributed by atoms with van der Waals surface area (Å²) in [4.78, 5) is 12.3. The summed E-state index contributed by atoms with van der Waals surface area (Å²) in [6, 6.07) is 9.01. The Morgan fingerprint density at radius 3 is 2.63 bits per heavy atom. The molecule has 0 saturated heterocycles. The quantitative estimate of drug-likeness (QED) is 0.688. The molecule has 0 saturated carbocycles. The van der Waals surface area contributed by atoms with Gasteiger partial charge < -0.3 is 24.3 Å². The molecule has 7 heteroatoms. The fraction of sp³-hybridized carbons (Fsp3) is 0.250. The lowest BCUT2D eigenvalue weighted by molar-refractivity contribution is -0.111. The third-order valence-electron chi connectivity index (χ3n) is 3.80. The minimum absolute atomic E-state index is 0.263. The first kappa shape index (κ1) is 19.1. The summed E-state index contributed by atoms with van der Waals surface area (Å²) >= 11 is 3.44. The molecule has 0 unspecified atom stereocenters. The number of hydrogen-bond donors (Lipinski definition) is 1. The zero-order chi connectivity index (χ0) is 19.2. The average Bonchev–Trinajstić information content (AvgIpc) is 2.67. The van der Waals surface area contributed by atoms with Crippen LogP contribution in [0, 0.1) is 0 Å². The normalized spacial score (nSPS) is 12.7. The van der Waals surface area contributed by atoms with Crippen LogP contribution in [0.2, 0.25) is 0 Å².